The van der Waals surface area contributed by atoms with Crippen LogP contribution in [-0.2, 0) is 16.1 Å². The molecule has 1 rings (SSSR count). The van der Waals surface area contributed by atoms with Crippen molar-refractivity contribution in [3.63, 3.8) is 0 Å². The summed E-state index contributed by atoms with van der Waals surface area (Å²) in [6.07, 6.45) is 1.13. The number of carbonyl (C=O) groups is 2. The van der Waals surface area contributed by atoms with Gasteiger partial charge in [-0.25, -0.2) is 4.79 Å². The molecule has 0 unspecified atom stereocenters. The first-order valence-corrected chi connectivity index (χ1v) is 5.79. The van der Waals surface area contributed by atoms with Crippen LogP contribution in [0.3, 0.4) is 0 Å². The third-order valence-electron chi connectivity index (χ3n) is 2.48. The Labute approximate surface area is 106 Å². The second-order valence-electron chi connectivity index (χ2n) is 3.94. The molecule has 0 aliphatic carbocycles. The summed E-state index contributed by atoms with van der Waals surface area (Å²) in [5, 5.41) is 3.20. The van der Waals surface area contributed by atoms with Crippen molar-refractivity contribution in [1.82, 2.24) is 5.32 Å². The number of benzene rings is 1. The van der Waals surface area contributed by atoms with Crippen LogP contribution in [0.2, 0.25) is 0 Å². The van der Waals surface area contributed by atoms with Gasteiger partial charge in [0, 0.05) is 13.0 Å². The van der Waals surface area contributed by atoms with Crippen molar-refractivity contribution < 1.29 is 14.3 Å². The summed E-state index contributed by atoms with van der Waals surface area (Å²) in [6, 6.07) is 7.19. The van der Waals surface area contributed by atoms with Crippen LogP contribution < -0.4 is 11.1 Å². The zero-order chi connectivity index (χ0) is 13.4. The highest BCUT2D eigenvalue weighted by molar-refractivity contribution is 5.89. The van der Waals surface area contributed by atoms with Crippen molar-refractivity contribution in [1.29, 1.82) is 0 Å². The van der Waals surface area contributed by atoms with Gasteiger partial charge in [0.05, 0.1) is 12.7 Å². The first-order chi connectivity index (χ1) is 8.63. The van der Waals surface area contributed by atoms with Gasteiger partial charge < -0.3 is 15.8 Å². The van der Waals surface area contributed by atoms with Gasteiger partial charge in [-0.1, -0.05) is 12.1 Å². The molecule has 0 saturated heterocycles. The molecule has 1 aromatic rings. The molecule has 0 aliphatic rings. The molecule has 0 spiro atoms. The van der Waals surface area contributed by atoms with Gasteiger partial charge >= 0.3 is 5.97 Å². The van der Waals surface area contributed by atoms with Gasteiger partial charge in [0.1, 0.15) is 0 Å². The number of amides is 1. The highest BCUT2D eigenvalue weighted by Crippen LogP contribution is 2.05. The van der Waals surface area contributed by atoms with Crippen LogP contribution in [-0.4, -0.2) is 25.5 Å². The molecular weight excluding hydrogens is 232 g/mol. The van der Waals surface area contributed by atoms with Crippen LogP contribution >= 0.6 is 0 Å². The van der Waals surface area contributed by atoms with Crippen molar-refractivity contribution in [2.45, 2.75) is 19.4 Å². The first kappa shape index (κ1) is 14.2. The minimum atomic E-state index is -0.337. The van der Waals surface area contributed by atoms with Crippen LogP contribution in [0.4, 0.5) is 0 Å². The summed E-state index contributed by atoms with van der Waals surface area (Å²) >= 11 is 0. The number of primary amides is 1. The number of nitrogens with one attached hydrogen (secondary N) is 1. The van der Waals surface area contributed by atoms with E-state index >= 15 is 0 Å². The molecule has 0 saturated carbocycles. The minimum Gasteiger partial charge on any atom is -0.465 e. The number of nitrogens with two attached hydrogens (primary N) is 1. The maximum absolute atomic E-state index is 11.2. The van der Waals surface area contributed by atoms with Gasteiger partial charge in [0.15, 0.2) is 0 Å². The summed E-state index contributed by atoms with van der Waals surface area (Å²) < 4.78 is 4.61. The Kier molecular flexibility index (Phi) is 5.87. The quantitative estimate of drug-likeness (QED) is 0.554. The summed E-state index contributed by atoms with van der Waals surface area (Å²) in [5.41, 5.74) is 6.64. The molecule has 0 heterocycles. The SMILES string of the molecule is COC(=O)c1ccc(CNCCCC(N)=O)cc1. The Bertz CT molecular complexity index is 401. The highest BCUT2D eigenvalue weighted by Gasteiger charge is 2.03. The molecule has 1 aromatic carbocycles. The molecule has 0 aliphatic heterocycles. The zero-order valence-corrected chi connectivity index (χ0v) is 10.4. The van der Waals surface area contributed by atoms with Crippen LogP contribution in [0.15, 0.2) is 24.3 Å². The van der Waals surface area contributed by atoms with Crippen LogP contribution in [0.5, 0.6) is 0 Å². The zero-order valence-electron chi connectivity index (χ0n) is 10.4. The molecule has 5 heteroatoms. The molecule has 5 nitrogen and oxygen atoms in total. The maximum atomic E-state index is 11.2. The summed E-state index contributed by atoms with van der Waals surface area (Å²) in [4.78, 5) is 21.7. The van der Waals surface area contributed by atoms with Crippen molar-refractivity contribution >= 4 is 11.9 Å². The number of esters is 1. The molecule has 98 valence electrons. The highest BCUT2D eigenvalue weighted by atomic mass is 16.5. The molecule has 1 amide bonds. The van der Waals surface area contributed by atoms with E-state index in [4.69, 9.17) is 5.73 Å². The largest absolute Gasteiger partial charge is 0.465 e. The molecule has 0 fully saturated rings. The number of hydrogen-bond acceptors (Lipinski definition) is 4. The summed E-state index contributed by atoms with van der Waals surface area (Å²) in [7, 11) is 1.36. The Hall–Kier alpha value is -1.88. The van der Waals surface area contributed by atoms with Gasteiger partial charge in [0.2, 0.25) is 5.91 Å². The Morgan fingerprint density at radius 3 is 2.50 bits per heavy atom. The predicted molar refractivity (Wildman–Crippen MR) is 67.9 cm³/mol. The van der Waals surface area contributed by atoms with E-state index in [2.05, 4.69) is 10.1 Å². The topological polar surface area (TPSA) is 81.4 Å². The molecule has 0 bridgehead atoms. The molecule has 3 N–H and O–H groups in total. The average Bonchev–Trinajstić information content (AvgIpc) is 2.38. The normalized spacial score (nSPS) is 10.1. The monoisotopic (exact) mass is 250 g/mol. The first-order valence-electron chi connectivity index (χ1n) is 5.79. The molecule has 0 radical (unpaired) electrons. The van der Waals surface area contributed by atoms with E-state index in [1.165, 1.54) is 7.11 Å². The van der Waals surface area contributed by atoms with Crippen molar-refractivity contribution in [2.75, 3.05) is 13.7 Å². The number of rotatable bonds is 7. The van der Waals surface area contributed by atoms with Crippen LogP contribution in [0.1, 0.15) is 28.8 Å². The number of hydrogen-bond donors (Lipinski definition) is 2. The van der Waals surface area contributed by atoms with Crippen LogP contribution in [0, 0.1) is 0 Å². The molecular formula is C13H18N2O3. The standard InChI is InChI=1S/C13H18N2O3/c1-18-13(17)11-6-4-10(5-7-11)9-15-8-2-3-12(14)16/h4-7,15H,2-3,8-9H2,1H3,(H2,14,16). The predicted octanol–water partition coefficient (Wildman–Crippen LogP) is 0.828. The molecule has 18 heavy (non-hydrogen) atoms. The van der Waals surface area contributed by atoms with E-state index < -0.39 is 0 Å². The van der Waals surface area contributed by atoms with E-state index in [0.717, 1.165) is 18.5 Å². The summed E-state index contributed by atoms with van der Waals surface area (Å²) in [6.45, 7) is 1.43. The molecule has 0 atom stereocenters. The molecule has 0 aromatic heterocycles. The van der Waals surface area contributed by atoms with Crippen molar-refractivity contribution in [2.24, 2.45) is 5.73 Å². The van der Waals surface area contributed by atoms with E-state index in [9.17, 15) is 9.59 Å². The van der Waals surface area contributed by atoms with E-state index in [0.29, 0.717) is 18.5 Å². The van der Waals surface area contributed by atoms with Gasteiger partial charge in [0.25, 0.3) is 0 Å². The lowest BCUT2D eigenvalue weighted by Crippen LogP contribution is -2.18. The van der Waals surface area contributed by atoms with Gasteiger partial charge in [-0.3, -0.25) is 4.79 Å². The maximum Gasteiger partial charge on any atom is 0.337 e. The third-order valence-corrected chi connectivity index (χ3v) is 2.48. The smallest absolute Gasteiger partial charge is 0.337 e. The Morgan fingerprint density at radius 2 is 1.94 bits per heavy atom. The fourth-order valence-electron chi connectivity index (χ4n) is 1.50. The van der Waals surface area contributed by atoms with Gasteiger partial charge in [-0.2, -0.15) is 0 Å². The fourth-order valence-corrected chi connectivity index (χ4v) is 1.50. The number of methoxy groups -OCH3 is 1. The minimum absolute atomic E-state index is 0.278. The Morgan fingerprint density at radius 1 is 1.28 bits per heavy atom. The van der Waals surface area contributed by atoms with Gasteiger partial charge in [-0.05, 0) is 30.7 Å². The fraction of sp³-hybridized carbons (Fsp3) is 0.385. The second kappa shape index (κ2) is 7.45. The lowest BCUT2D eigenvalue weighted by molar-refractivity contribution is -0.118. The third kappa shape index (κ3) is 4.97. The van der Waals surface area contributed by atoms with Crippen LogP contribution in [0.25, 0.3) is 0 Å². The lowest BCUT2D eigenvalue weighted by atomic mass is 10.1. The average molecular weight is 250 g/mol. The van der Waals surface area contributed by atoms with E-state index in [1.54, 1.807) is 12.1 Å². The van der Waals surface area contributed by atoms with Gasteiger partial charge in [-0.15, -0.1) is 0 Å². The Balaban J connectivity index is 2.31. The number of carbonyl (C=O) groups excluding carboxylic acids is 2. The second-order valence-corrected chi connectivity index (χ2v) is 3.94. The summed E-state index contributed by atoms with van der Waals surface area (Å²) in [5.74, 6) is -0.616. The lowest BCUT2D eigenvalue weighted by Gasteiger charge is -2.05. The van der Waals surface area contributed by atoms with Crippen molar-refractivity contribution in [3.05, 3.63) is 35.4 Å². The van der Waals surface area contributed by atoms with Crippen molar-refractivity contribution in [3.8, 4) is 0 Å². The van der Waals surface area contributed by atoms with E-state index in [1.807, 2.05) is 12.1 Å². The van der Waals surface area contributed by atoms with E-state index in [-0.39, 0.29) is 11.9 Å². The number of ether oxygens (including phenoxy) is 1.